The third-order valence-corrected chi connectivity index (χ3v) is 2.31. The van der Waals surface area contributed by atoms with Gasteiger partial charge in [-0.15, -0.1) is 0 Å². The Hall–Kier alpha value is -2.18. The van der Waals surface area contributed by atoms with Crippen LogP contribution in [-0.2, 0) is 0 Å². The molecule has 0 unspecified atom stereocenters. The van der Waals surface area contributed by atoms with Crippen molar-refractivity contribution in [2.24, 2.45) is 0 Å². The molecule has 0 spiro atoms. The van der Waals surface area contributed by atoms with Gasteiger partial charge in [0, 0.05) is 13.6 Å². The summed E-state index contributed by atoms with van der Waals surface area (Å²) in [6, 6.07) is 1.30. The van der Waals surface area contributed by atoms with Crippen LogP contribution in [0.4, 0.5) is 10.1 Å². The molecule has 0 fully saturated rings. The normalized spacial score (nSPS) is 9.45. The summed E-state index contributed by atoms with van der Waals surface area (Å²) in [6.45, 7) is 6.26. The summed E-state index contributed by atoms with van der Waals surface area (Å²) in [5.41, 5.74) is -0.996. The summed E-state index contributed by atoms with van der Waals surface area (Å²) in [6.07, 6.45) is 1.25. The van der Waals surface area contributed by atoms with Crippen LogP contribution in [0.15, 0.2) is 12.1 Å². The zero-order valence-corrected chi connectivity index (χ0v) is 12.0. The maximum absolute atomic E-state index is 13.1. The van der Waals surface area contributed by atoms with Gasteiger partial charge < -0.3 is 10.0 Å². The van der Waals surface area contributed by atoms with Crippen molar-refractivity contribution in [2.75, 3.05) is 13.6 Å². The van der Waals surface area contributed by atoms with Gasteiger partial charge in [0.25, 0.3) is 11.6 Å². The van der Waals surface area contributed by atoms with Gasteiger partial charge >= 0.3 is 0 Å². The summed E-state index contributed by atoms with van der Waals surface area (Å²) in [5.74, 6) is -2.59. The molecule has 0 radical (unpaired) electrons. The van der Waals surface area contributed by atoms with Crippen LogP contribution in [0.1, 0.15) is 37.6 Å². The van der Waals surface area contributed by atoms with Gasteiger partial charge in [0.05, 0.1) is 11.0 Å². The van der Waals surface area contributed by atoms with E-state index in [4.69, 9.17) is 5.11 Å². The molecule has 1 aromatic rings. The molecule has 112 valence electrons. The first kappa shape index (κ1) is 17.8. The number of rotatable bonds is 3. The Morgan fingerprint density at radius 3 is 2.30 bits per heavy atom. The predicted octanol–water partition coefficient (Wildman–Crippen LogP) is 2.95. The number of carbonyl (C=O) groups is 1. The van der Waals surface area contributed by atoms with Crippen LogP contribution in [-0.4, -0.2) is 34.4 Å². The van der Waals surface area contributed by atoms with Crippen LogP contribution in [0.25, 0.3) is 0 Å². The maximum Gasteiger partial charge on any atom is 0.286 e. The molecule has 1 rings (SSSR count). The minimum atomic E-state index is -1.07. The van der Waals surface area contributed by atoms with Crippen LogP contribution in [0.2, 0.25) is 0 Å². The number of nitrogens with zero attached hydrogens (tertiary/aromatic N) is 2. The summed E-state index contributed by atoms with van der Waals surface area (Å²) in [4.78, 5) is 22.8. The lowest BCUT2D eigenvalue weighted by atomic mass is 10.1. The van der Waals surface area contributed by atoms with E-state index in [9.17, 15) is 19.3 Å². The molecule has 0 aliphatic rings. The number of aromatic hydroxyl groups is 1. The highest BCUT2D eigenvalue weighted by Gasteiger charge is 2.25. The molecule has 0 aliphatic carbocycles. The van der Waals surface area contributed by atoms with Crippen molar-refractivity contribution >= 4 is 11.6 Å². The lowest BCUT2D eigenvalue weighted by molar-refractivity contribution is -0.385. The third kappa shape index (κ3) is 4.49. The number of halogens is 1. The zero-order valence-electron chi connectivity index (χ0n) is 12.0. The van der Waals surface area contributed by atoms with Gasteiger partial charge in [0.2, 0.25) is 0 Å². The van der Waals surface area contributed by atoms with Crippen LogP contribution in [0, 0.1) is 15.9 Å². The summed E-state index contributed by atoms with van der Waals surface area (Å²) < 4.78 is 13.1. The SMILES string of the molecule is CCC.CCN(C)C(=O)c1cc(F)c(O)cc1[N+](=O)[O-]. The van der Waals surface area contributed by atoms with Crippen LogP contribution < -0.4 is 0 Å². The van der Waals surface area contributed by atoms with Gasteiger partial charge in [0.1, 0.15) is 5.56 Å². The summed E-state index contributed by atoms with van der Waals surface area (Å²) in [7, 11) is 1.44. The fourth-order valence-corrected chi connectivity index (χ4v) is 1.22. The molecule has 1 N–H and O–H groups in total. The second-order valence-electron chi connectivity index (χ2n) is 4.10. The second kappa shape index (κ2) is 8.08. The minimum absolute atomic E-state index is 0.332. The number of amides is 1. The number of phenols is 1. The van der Waals surface area contributed by atoms with Crippen molar-refractivity contribution in [1.29, 1.82) is 0 Å². The average molecular weight is 286 g/mol. The number of carbonyl (C=O) groups excluding carboxylic acids is 1. The Bertz CT molecular complexity index is 492. The van der Waals surface area contributed by atoms with Crippen molar-refractivity contribution in [3.63, 3.8) is 0 Å². The van der Waals surface area contributed by atoms with Crippen molar-refractivity contribution in [1.82, 2.24) is 4.90 Å². The Morgan fingerprint density at radius 2 is 1.90 bits per heavy atom. The molecule has 0 aliphatic heterocycles. The summed E-state index contributed by atoms with van der Waals surface area (Å²) in [5, 5.41) is 19.7. The number of nitro benzene ring substituents is 1. The molecule has 6 nitrogen and oxygen atoms in total. The molecule has 0 aromatic heterocycles. The zero-order chi connectivity index (χ0) is 15.9. The van der Waals surface area contributed by atoms with Crippen LogP contribution >= 0.6 is 0 Å². The average Bonchev–Trinajstić information content (AvgIpc) is 2.40. The van der Waals surface area contributed by atoms with E-state index >= 15 is 0 Å². The first-order valence-corrected chi connectivity index (χ1v) is 6.22. The third-order valence-electron chi connectivity index (χ3n) is 2.31. The highest BCUT2D eigenvalue weighted by atomic mass is 19.1. The predicted molar refractivity (Wildman–Crippen MR) is 73.3 cm³/mol. The smallest absolute Gasteiger partial charge is 0.286 e. The summed E-state index contributed by atoms with van der Waals surface area (Å²) >= 11 is 0. The molecule has 0 bridgehead atoms. The fraction of sp³-hybridized carbons (Fsp3) is 0.462. The van der Waals surface area contributed by atoms with Crippen molar-refractivity contribution in [3.05, 3.63) is 33.6 Å². The largest absolute Gasteiger partial charge is 0.505 e. The van der Waals surface area contributed by atoms with Crippen LogP contribution in [0.5, 0.6) is 5.75 Å². The lowest BCUT2D eigenvalue weighted by Gasteiger charge is -2.14. The van der Waals surface area contributed by atoms with E-state index in [1.165, 1.54) is 18.4 Å². The standard InChI is InChI=1S/C10H11FN2O4.C3H8/c1-3-12(2)10(15)6-4-7(11)9(14)5-8(6)13(16)17;1-3-2/h4-5,14H,3H2,1-2H3;3H2,1-2H3. The number of hydrogen-bond acceptors (Lipinski definition) is 4. The highest BCUT2D eigenvalue weighted by molar-refractivity contribution is 5.98. The molecule has 7 heteroatoms. The minimum Gasteiger partial charge on any atom is -0.505 e. The Morgan fingerprint density at radius 1 is 1.40 bits per heavy atom. The maximum atomic E-state index is 13.1. The van der Waals surface area contributed by atoms with Gasteiger partial charge in [-0.3, -0.25) is 14.9 Å². The van der Waals surface area contributed by atoms with E-state index in [0.717, 1.165) is 0 Å². The lowest BCUT2D eigenvalue weighted by Crippen LogP contribution is -2.27. The van der Waals surface area contributed by atoms with Crippen molar-refractivity contribution < 1.29 is 19.2 Å². The topological polar surface area (TPSA) is 83.7 Å². The number of hydrogen-bond donors (Lipinski definition) is 1. The molecule has 0 saturated carbocycles. The molecule has 0 heterocycles. The first-order chi connectivity index (χ1) is 9.29. The first-order valence-electron chi connectivity index (χ1n) is 6.22. The van der Waals surface area contributed by atoms with E-state index < -0.39 is 28.1 Å². The Labute approximate surface area is 117 Å². The van der Waals surface area contributed by atoms with E-state index in [-0.39, 0.29) is 5.56 Å². The molecule has 0 saturated heterocycles. The second-order valence-corrected chi connectivity index (χ2v) is 4.10. The van der Waals surface area contributed by atoms with Crippen molar-refractivity contribution in [2.45, 2.75) is 27.2 Å². The number of nitro groups is 1. The number of phenolic OH excluding ortho intramolecular Hbond substituents is 1. The van der Waals surface area contributed by atoms with Gasteiger partial charge in [-0.05, 0) is 13.0 Å². The molecule has 1 amide bonds. The highest BCUT2D eigenvalue weighted by Crippen LogP contribution is 2.27. The van der Waals surface area contributed by atoms with Gasteiger partial charge in [-0.1, -0.05) is 20.3 Å². The van der Waals surface area contributed by atoms with Crippen LogP contribution in [0.3, 0.4) is 0 Å². The molecule has 0 atom stereocenters. The Kier molecular flexibility index (Phi) is 7.20. The molecular formula is C13H19FN2O4. The quantitative estimate of drug-likeness (QED) is 0.684. The molecular weight excluding hydrogens is 267 g/mol. The van der Waals surface area contributed by atoms with E-state index in [1.807, 2.05) is 0 Å². The monoisotopic (exact) mass is 286 g/mol. The number of benzene rings is 1. The van der Waals surface area contributed by atoms with E-state index in [0.29, 0.717) is 18.7 Å². The van der Waals surface area contributed by atoms with Gasteiger partial charge in [-0.2, -0.15) is 0 Å². The molecule has 1 aromatic carbocycles. The Balaban J connectivity index is 0.00000110. The molecule has 20 heavy (non-hydrogen) atoms. The van der Waals surface area contributed by atoms with Gasteiger partial charge in [0.15, 0.2) is 11.6 Å². The van der Waals surface area contributed by atoms with E-state index in [1.54, 1.807) is 6.92 Å². The fourth-order valence-electron chi connectivity index (χ4n) is 1.22. The van der Waals surface area contributed by atoms with Crippen molar-refractivity contribution in [3.8, 4) is 5.75 Å². The van der Waals surface area contributed by atoms with Gasteiger partial charge in [-0.25, -0.2) is 4.39 Å². The van der Waals surface area contributed by atoms with E-state index in [2.05, 4.69) is 13.8 Å².